The molecule has 0 aliphatic carbocycles. The van der Waals surface area contributed by atoms with Crippen molar-refractivity contribution in [2.45, 2.75) is 16.3 Å². The molecule has 0 saturated heterocycles. The molecule has 1 unspecified atom stereocenters. The summed E-state index contributed by atoms with van der Waals surface area (Å²) in [6, 6.07) is 8.22. The van der Waals surface area contributed by atoms with Crippen molar-refractivity contribution in [1.82, 2.24) is 0 Å². The Hall–Kier alpha value is -2.16. The Bertz CT molecular complexity index is 927. The van der Waals surface area contributed by atoms with Crippen LogP contribution in [0, 0.1) is 0 Å². The molecule has 1 aliphatic heterocycles. The molecule has 0 amide bonds. The van der Waals surface area contributed by atoms with Crippen molar-refractivity contribution in [3.63, 3.8) is 0 Å². The first kappa shape index (κ1) is 16.7. The smallest absolute Gasteiger partial charge is 0.450 e. The molecule has 7 nitrogen and oxygen atoms in total. The second-order valence-corrected chi connectivity index (χ2v) is 7.27. The van der Waals surface area contributed by atoms with E-state index in [0.717, 1.165) is 6.07 Å². The van der Waals surface area contributed by atoms with E-state index < -0.39 is 22.5 Å². The average molecular weight is 391 g/mol. The Balaban J connectivity index is 2.03. The predicted octanol–water partition coefficient (Wildman–Crippen LogP) is 3.58. The van der Waals surface area contributed by atoms with E-state index in [0.29, 0.717) is 0 Å². The van der Waals surface area contributed by atoms with Crippen LogP contribution in [0.25, 0.3) is 0 Å². The van der Waals surface area contributed by atoms with Crippen LogP contribution in [-0.2, 0) is 14.6 Å². The molecule has 3 rings (SSSR count). The van der Waals surface area contributed by atoms with Crippen molar-refractivity contribution >= 4 is 39.2 Å². The molecule has 10 heteroatoms. The number of fused-ring (bicyclic) bond motifs is 1. The lowest BCUT2D eigenvalue weighted by molar-refractivity contribution is -0.147. The lowest BCUT2D eigenvalue weighted by Crippen LogP contribution is -2.24. The van der Waals surface area contributed by atoms with Gasteiger partial charge in [0.2, 0.25) is 9.84 Å². The van der Waals surface area contributed by atoms with Crippen LogP contribution in [0.2, 0.25) is 10.0 Å². The molecule has 24 heavy (non-hydrogen) atoms. The third-order valence-corrected chi connectivity index (χ3v) is 5.78. The molecule has 0 aromatic heterocycles. The maximum absolute atomic E-state index is 12.7. The van der Waals surface area contributed by atoms with Crippen LogP contribution in [0.4, 0.5) is 4.79 Å². The van der Waals surface area contributed by atoms with Crippen LogP contribution >= 0.6 is 23.2 Å². The standard InChI is InChI=1S/C14H8Cl2O7S/c15-7-3-1-2-4-11(7)24(19,20)12-6-10-9(5-8(12)16)21-14(22-10)23-13(17)18/h1-6,14H,(H,17,18). The Kier molecular flexibility index (Phi) is 4.20. The topological polar surface area (TPSA) is 99.1 Å². The quantitative estimate of drug-likeness (QED) is 0.799. The van der Waals surface area contributed by atoms with Crippen LogP contribution in [0.5, 0.6) is 11.5 Å². The van der Waals surface area contributed by atoms with Crippen molar-refractivity contribution in [1.29, 1.82) is 0 Å². The molecule has 1 atom stereocenters. The number of benzene rings is 2. The second kappa shape index (κ2) is 6.04. The first-order valence-corrected chi connectivity index (χ1v) is 8.59. The van der Waals surface area contributed by atoms with Gasteiger partial charge in [0.1, 0.15) is 0 Å². The monoisotopic (exact) mass is 390 g/mol. The highest BCUT2D eigenvalue weighted by Gasteiger charge is 2.32. The minimum Gasteiger partial charge on any atom is -0.450 e. The van der Waals surface area contributed by atoms with E-state index in [1.54, 1.807) is 6.07 Å². The average Bonchev–Trinajstić information content (AvgIpc) is 2.86. The van der Waals surface area contributed by atoms with Gasteiger partial charge in [0.05, 0.1) is 19.8 Å². The number of halogens is 2. The van der Waals surface area contributed by atoms with Gasteiger partial charge in [0.25, 0.3) is 0 Å². The Morgan fingerprint density at radius 1 is 1.04 bits per heavy atom. The highest BCUT2D eigenvalue weighted by molar-refractivity contribution is 7.91. The molecule has 126 valence electrons. The summed E-state index contributed by atoms with van der Waals surface area (Å²) in [5.74, 6) is 0.0423. The molecule has 2 aromatic rings. The fourth-order valence-electron chi connectivity index (χ4n) is 2.05. The molecule has 0 spiro atoms. The Labute approximate surface area is 146 Å². The molecule has 1 heterocycles. The molecular formula is C14H8Cl2O7S. The van der Waals surface area contributed by atoms with Gasteiger partial charge in [-0.05, 0) is 12.1 Å². The number of carboxylic acid groups (broad SMARTS) is 1. The normalized spacial score (nSPS) is 16.0. The highest BCUT2D eigenvalue weighted by Crippen LogP contribution is 2.42. The van der Waals surface area contributed by atoms with Gasteiger partial charge in [-0.15, -0.1) is 0 Å². The molecular weight excluding hydrogens is 383 g/mol. The number of carbonyl (C=O) groups is 1. The van der Waals surface area contributed by atoms with Gasteiger partial charge < -0.3 is 19.3 Å². The number of rotatable bonds is 3. The maximum Gasteiger partial charge on any atom is 0.511 e. The zero-order valence-corrected chi connectivity index (χ0v) is 13.9. The summed E-state index contributed by atoms with van der Waals surface area (Å²) in [6.07, 6.45) is -1.61. The third kappa shape index (κ3) is 2.95. The first-order valence-electron chi connectivity index (χ1n) is 6.35. The third-order valence-electron chi connectivity index (χ3n) is 3.06. The number of hydrogen-bond donors (Lipinski definition) is 1. The van der Waals surface area contributed by atoms with Crippen LogP contribution in [0.15, 0.2) is 46.2 Å². The molecule has 1 N–H and O–H groups in total. The minimum absolute atomic E-state index is 0.0173. The zero-order valence-electron chi connectivity index (χ0n) is 11.6. The second-order valence-electron chi connectivity index (χ2n) is 4.57. The van der Waals surface area contributed by atoms with Crippen molar-refractivity contribution in [3.8, 4) is 11.5 Å². The van der Waals surface area contributed by atoms with Gasteiger partial charge in [-0.1, -0.05) is 35.3 Å². The van der Waals surface area contributed by atoms with Gasteiger partial charge in [0.15, 0.2) is 11.5 Å². The van der Waals surface area contributed by atoms with Crippen LogP contribution < -0.4 is 9.47 Å². The van der Waals surface area contributed by atoms with E-state index in [4.69, 9.17) is 37.8 Å². The van der Waals surface area contributed by atoms with Crippen LogP contribution in [0.1, 0.15) is 0 Å². The van der Waals surface area contributed by atoms with Gasteiger partial charge >= 0.3 is 12.6 Å². The van der Waals surface area contributed by atoms with E-state index in [9.17, 15) is 13.2 Å². The minimum atomic E-state index is -4.02. The Morgan fingerprint density at radius 3 is 2.29 bits per heavy atom. The number of hydrogen-bond acceptors (Lipinski definition) is 6. The summed E-state index contributed by atoms with van der Waals surface area (Å²) in [7, 11) is -4.02. The fourth-order valence-corrected chi connectivity index (χ4v) is 4.35. The summed E-state index contributed by atoms with van der Waals surface area (Å²) in [5, 5.41) is 8.46. The molecule has 0 fully saturated rings. The number of ether oxygens (including phenoxy) is 3. The van der Waals surface area contributed by atoms with Crippen LogP contribution in [0.3, 0.4) is 0 Å². The molecule has 1 aliphatic rings. The van der Waals surface area contributed by atoms with Crippen molar-refractivity contribution in [3.05, 3.63) is 46.4 Å². The predicted molar refractivity (Wildman–Crippen MR) is 82.5 cm³/mol. The van der Waals surface area contributed by atoms with E-state index in [2.05, 4.69) is 4.74 Å². The molecule has 0 bridgehead atoms. The van der Waals surface area contributed by atoms with E-state index in [1.165, 1.54) is 24.3 Å². The molecule has 0 radical (unpaired) electrons. The zero-order chi connectivity index (χ0) is 17.5. The SMILES string of the molecule is O=C(O)OC1Oc2cc(Cl)c(S(=O)(=O)c3ccccc3Cl)cc2O1. The molecule has 2 aromatic carbocycles. The molecule has 0 saturated carbocycles. The van der Waals surface area contributed by atoms with Crippen molar-refractivity contribution in [2.75, 3.05) is 0 Å². The van der Waals surface area contributed by atoms with Gasteiger partial charge in [-0.3, -0.25) is 0 Å². The number of sulfone groups is 1. The Morgan fingerprint density at radius 2 is 1.67 bits per heavy atom. The summed E-state index contributed by atoms with van der Waals surface area (Å²) >= 11 is 12.0. The lowest BCUT2D eigenvalue weighted by atomic mass is 10.3. The summed E-state index contributed by atoms with van der Waals surface area (Å²) < 4.78 is 40.0. The summed E-state index contributed by atoms with van der Waals surface area (Å²) in [6.45, 7) is -1.54. The lowest BCUT2D eigenvalue weighted by Gasteiger charge is -2.09. The van der Waals surface area contributed by atoms with E-state index >= 15 is 0 Å². The van der Waals surface area contributed by atoms with Crippen molar-refractivity contribution < 1.29 is 32.5 Å². The summed E-state index contributed by atoms with van der Waals surface area (Å²) in [5.41, 5.74) is 0. The van der Waals surface area contributed by atoms with Crippen molar-refractivity contribution in [2.24, 2.45) is 0 Å². The van der Waals surface area contributed by atoms with Gasteiger partial charge in [-0.2, -0.15) is 0 Å². The first-order chi connectivity index (χ1) is 11.3. The van der Waals surface area contributed by atoms with Gasteiger partial charge in [0, 0.05) is 12.1 Å². The highest BCUT2D eigenvalue weighted by atomic mass is 35.5. The fraction of sp³-hybridized carbons (Fsp3) is 0.0714. The van der Waals surface area contributed by atoms with E-state index in [1.807, 2.05) is 0 Å². The van der Waals surface area contributed by atoms with E-state index in [-0.39, 0.29) is 31.3 Å². The maximum atomic E-state index is 12.7. The largest absolute Gasteiger partial charge is 0.511 e. The van der Waals surface area contributed by atoms with Crippen LogP contribution in [-0.4, -0.2) is 26.2 Å². The summed E-state index contributed by atoms with van der Waals surface area (Å²) in [4.78, 5) is 10.1. The van der Waals surface area contributed by atoms with Gasteiger partial charge in [-0.25, -0.2) is 13.2 Å².